The summed E-state index contributed by atoms with van der Waals surface area (Å²) in [6.45, 7) is 2.77. The highest BCUT2D eigenvalue weighted by atomic mass is 16.5. The molecule has 5 heteroatoms. The highest BCUT2D eigenvalue weighted by Crippen LogP contribution is 2.31. The van der Waals surface area contributed by atoms with E-state index in [1.807, 2.05) is 12.1 Å². The Morgan fingerprint density at radius 1 is 1.45 bits per heavy atom. The van der Waals surface area contributed by atoms with E-state index in [2.05, 4.69) is 16.2 Å². The van der Waals surface area contributed by atoms with E-state index in [9.17, 15) is 5.11 Å². The molecule has 2 N–H and O–H groups in total. The van der Waals surface area contributed by atoms with Crippen LogP contribution in [-0.2, 0) is 4.74 Å². The molecule has 2 heterocycles. The summed E-state index contributed by atoms with van der Waals surface area (Å²) in [7, 11) is 0. The number of nitrogens with one attached hydrogen (secondary N) is 1. The van der Waals surface area contributed by atoms with Crippen molar-refractivity contribution >= 4 is 5.82 Å². The van der Waals surface area contributed by atoms with Gasteiger partial charge in [-0.15, -0.1) is 12.3 Å². The van der Waals surface area contributed by atoms with E-state index < -0.39 is 0 Å². The average molecular weight is 304 g/mol. The van der Waals surface area contributed by atoms with Crippen LogP contribution in [0.4, 0.5) is 5.82 Å². The van der Waals surface area contributed by atoms with E-state index in [4.69, 9.17) is 15.9 Å². The number of rotatable bonds is 8. The zero-order valence-corrected chi connectivity index (χ0v) is 12.9. The first-order chi connectivity index (χ1) is 10.8. The molecule has 0 aromatic carbocycles. The normalized spacial score (nSPS) is 16.7. The average Bonchev–Trinajstić information content (AvgIpc) is 2.58. The van der Waals surface area contributed by atoms with E-state index in [1.54, 1.807) is 6.20 Å². The molecule has 2 rings (SSSR count). The fraction of sp³-hybridized carbons (Fsp3) is 0.588. The number of ether oxygens (including phenoxy) is 2. The van der Waals surface area contributed by atoms with Gasteiger partial charge in [-0.25, -0.2) is 4.98 Å². The third-order valence-electron chi connectivity index (χ3n) is 4.01. The van der Waals surface area contributed by atoms with Crippen molar-refractivity contribution in [2.24, 2.45) is 5.41 Å². The van der Waals surface area contributed by atoms with Gasteiger partial charge in [0, 0.05) is 37.8 Å². The third kappa shape index (κ3) is 4.62. The molecular weight excluding hydrogens is 280 g/mol. The summed E-state index contributed by atoms with van der Waals surface area (Å²) < 4.78 is 11.1. The molecule has 1 aliphatic heterocycles. The Hall–Kier alpha value is -1.77. The van der Waals surface area contributed by atoms with Crippen molar-refractivity contribution < 1.29 is 14.6 Å². The quantitative estimate of drug-likeness (QED) is 0.569. The molecule has 1 aromatic heterocycles. The van der Waals surface area contributed by atoms with Gasteiger partial charge in [0.25, 0.3) is 0 Å². The lowest BCUT2D eigenvalue weighted by Gasteiger charge is -2.35. The van der Waals surface area contributed by atoms with E-state index in [0.29, 0.717) is 38.6 Å². The van der Waals surface area contributed by atoms with Gasteiger partial charge in [-0.05, 0) is 31.4 Å². The molecular formula is C17H24N2O3. The third-order valence-corrected chi connectivity index (χ3v) is 4.01. The summed E-state index contributed by atoms with van der Waals surface area (Å²) in [5, 5.41) is 13.0. The molecule has 1 aliphatic rings. The molecule has 1 aromatic rings. The second kappa shape index (κ2) is 8.62. The predicted octanol–water partition coefficient (Wildman–Crippen LogP) is 2.07. The molecule has 0 radical (unpaired) electrons. The van der Waals surface area contributed by atoms with Crippen molar-refractivity contribution in [3.63, 3.8) is 0 Å². The van der Waals surface area contributed by atoms with Crippen molar-refractivity contribution in [1.29, 1.82) is 0 Å². The fourth-order valence-electron chi connectivity index (χ4n) is 2.46. The van der Waals surface area contributed by atoms with Gasteiger partial charge in [0.05, 0.1) is 13.2 Å². The van der Waals surface area contributed by atoms with Crippen LogP contribution < -0.4 is 10.1 Å². The largest absolute Gasteiger partial charge is 0.490 e. The Labute approximate surface area is 132 Å². The number of nitrogens with zero attached hydrogens (tertiary/aromatic N) is 1. The smallest absolute Gasteiger partial charge is 0.168 e. The summed E-state index contributed by atoms with van der Waals surface area (Å²) in [4.78, 5) is 4.34. The monoisotopic (exact) mass is 304 g/mol. The molecule has 1 saturated heterocycles. The number of aliphatic hydroxyl groups is 1. The SMILES string of the molecule is C#CCCCOc1cccnc1NCC1(CO)CCOCC1. The second-order valence-corrected chi connectivity index (χ2v) is 5.63. The Morgan fingerprint density at radius 2 is 2.27 bits per heavy atom. The minimum atomic E-state index is -0.142. The van der Waals surface area contributed by atoms with Crippen LogP contribution in [0.1, 0.15) is 25.7 Å². The molecule has 1 fully saturated rings. The maximum absolute atomic E-state index is 9.72. The lowest BCUT2D eigenvalue weighted by atomic mass is 9.81. The van der Waals surface area contributed by atoms with E-state index in [-0.39, 0.29) is 12.0 Å². The zero-order chi connectivity index (χ0) is 15.7. The van der Waals surface area contributed by atoms with Gasteiger partial charge >= 0.3 is 0 Å². The number of hydrogen-bond acceptors (Lipinski definition) is 5. The van der Waals surface area contributed by atoms with Crippen molar-refractivity contribution in [1.82, 2.24) is 4.98 Å². The number of unbranched alkanes of at least 4 members (excludes halogenated alkanes) is 1. The molecule has 0 bridgehead atoms. The van der Waals surface area contributed by atoms with Crippen LogP contribution in [0.15, 0.2) is 18.3 Å². The molecule has 0 saturated carbocycles. The van der Waals surface area contributed by atoms with E-state index in [1.165, 1.54) is 0 Å². The van der Waals surface area contributed by atoms with E-state index in [0.717, 1.165) is 25.0 Å². The van der Waals surface area contributed by atoms with Crippen LogP contribution >= 0.6 is 0 Å². The number of terminal acetylenes is 1. The Bertz CT molecular complexity index is 493. The highest BCUT2D eigenvalue weighted by molar-refractivity contribution is 5.49. The molecule has 0 spiro atoms. The van der Waals surface area contributed by atoms with Crippen LogP contribution in [0, 0.1) is 17.8 Å². The molecule has 0 amide bonds. The molecule has 0 unspecified atom stereocenters. The summed E-state index contributed by atoms with van der Waals surface area (Å²) in [6, 6.07) is 3.73. The Kier molecular flexibility index (Phi) is 6.50. The number of pyridine rings is 1. The van der Waals surface area contributed by atoms with Crippen LogP contribution in [0.5, 0.6) is 5.75 Å². The van der Waals surface area contributed by atoms with Crippen LogP contribution in [0.25, 0.3) is 0 Å². The first-order valence-corrected chi connectivity index (χ1v) is 7.73. The molecule has 0 atom stereocenters. The van der Waals surface area contributed by atoms with Crippen molar-refractivity contribution in [2.75, 3.05) is 38.3 Å². The van der Waals surface area contributed by atoms with Gasteiger partial charge in [0.2, 0.25) is 0 Å². The van der Waals surface area contributed by atoms with Crippen molar-refractivity contribution in [3.05, 3.63) is 18.3 Å². The second-order valence-electron chi connectivity index (χ2n) is 5.63. The number of anilines is 1. The Balaban J connectivity index is 1.92. The minimum Gasteiger partial charge on any atom is -0.490 e. The number of hydrogen-bond donors (Lipinski definition) is 2. The molecule has 5 nitrogen and oxygen atoms in total. The van der Waals surface area contributed by atoms with Gasteiger partial charge < -0.3 is 19.9 Å². The van der Waals surface area contributed by atoms with Crippen LogP contribution in [0.3, 0.4) is 0 Å². The number of aromatic nitrogens is 1. The van der Waals surface area contributed by atoms with Gasteiger partial charge in [-0.3, -0.25) is 0 Å². The van der Waals surface area contributed by atoms with E-state index >= 15 is 0 Å². The minimum absolute atomic E-state index is 0.142. The Morgan fingerprint density at radius 3 is 3.00 bits per heavy atom. The first kappa shape index (κ1) is 16.6. The summed E-state index contributed by atoms with van der Waals surface area (Å²) >= 11 is 0. The summed E-state index contributed by atoms with van der Waals surface area (Å²) in [5.74, 6) is 4.03. The van der Waals surface area contributed by atoms with Gasteiger partial charge in [-0.1, -0.05) is 0 Å². The molecule has 120 valence electrons. The maximum atomic E-state index is 9.72. The molecule has 22 heavy (non-hydrogen) atoms. The van der Waals surface area contributed by atoms with Crippen molar-refractivity contribution in [3.8, 4) is 18.1 Å². The lowest BCUT2D eigenvalue weighted by Crippen LogP contribution is -2.39. The van der Waals surface area contributed by atoms with Crippen molar-refractivity contribution in [2.45, 2.75) is 25.7 Å². The standard InChI is InChI=1S/C17H24N2O3/c1-2-3-4-10-22-15-6-5-9-18-16(15)19-13-17(14-20)7-11-21-12-8-17/h1,5-6,9,20H,3-4,7-8,10-14H2,(H,18,19). The molecule has 0 aliphatic carbocycles. The zero-order valence-electron chi connectivity index (χ0n) is 12.9. The van der Waals surface area contributed by atoms with Gasteiger partial charge in [-0.2, -0.15) is 0 Å². The predicted molar refractivity (Wildman–Crippen MR) is 85.9 cm³/mol. The van der Waals surface area contributed by atoms with Crippen LogP contribution in [0.2, 0.25) is 0 Å². The topological polar surface area (TPSA) is 63.6 Å². The van der Waals surface area contributed by atoms with Gasteiger partial charge in [0.15, 0.2) is 11.6 Å². The lowest BCUT2D eigenvalue weighted by molar-refractivity contribution is -0.00864. The first-order valence-electron chi connectivity index (χ1n) is 7.73. The highest BCUT2D eigenvalue weighted by Gasteiger charge is 2.32. The number of aliphatic hydroxyl groups excluding tert-OH is 1. The summed E-state index contributed by atoms with van der Waals surface area (Å²) in [5.41, 5.74) is -0.142. The summed E-state index contributed by atoms with van der Waals surface area (Å²) in [6.07, 6.45) is 10.2. The maximum Gasteiger partial charge on any atom is 0.168 e. The fourth-order valence-corrected chi connectivity index (χ4v) is 2.46. The van der Waals surface area contributed by atoms with Crippen LogP contribution in [-0.4, -0.2) is 43.1 Å². The van der Waals surface area contributed by atoms with Gasteiger partial charge in [0.1, 0.15) is 0 Å².